The highest BCUT2D eigenvalue weighted by Crippen LogP contribution is 2.76. The molecule has 0 amide bonds. The zero-order valence-corrected chi connectivity index (χ0v) is 44.9. The monoisotopic (exact) mass is 1110 g/mol. The van der Waals surface area contributed by atoms with Crippen molar-refractivity contribution >= 4 is 5.97 Å². The number of hydrogen-bond acceptors (Lipinski definition) is 23. The Morgan fingerprint density at radius 2 is 1.26 bits per heavy atom. The Bertz CT molecular complexity index is 2140. The number of allylic oxidation sites excluding steroid dienone is 2. The molecule has 0 aromatic heterocycles. The van der Waals surface area contributed by atoms with Crippen LogP contribution in [0.2, 0.25) is 0 Å². The van der Waals surface area contributed by atoms with E-state index in [1.54, 1.807) is 0 Å². The summed E-state index contributed by atoms with van der Waals surface area (Å²) in [4.78, 5) is 12.6. The van der Waals surface area contributed by atoms with E-state index in [9.17, 15) is 81.4 Å². The van der Waals surface area contributed by atoms with Crippen LogP contribution < -0.4 is 0 Å². The maximum atomic E-state index is 12.6. The van der Waals surface area contributed by atoms with Crippen molar-refractivity contribution in [2.45, 2.75) is 235 Å². The lowest BCUT2D eigenvalue weighted by molar-refractivity contribution is -0.396. The molecule has 24 heteroatoms. The predicted molar refractivity (Wildman–Crippen MR) is 260 cm³/mol. The summed E-state index contributed by atoms with van der Waals surface area (Å²) in [5.41, 5.74) is -2.67. The zero-order chi connectivity index (χ0) is 56.4. The van der Waals surface area contributed by atoms with E-state index in [1.807, 2.05) is 20.8 Å². The number of ether oxygens (including phenoxy) is 8. The highest BCUT2D eigenvalue weighted by Gasteiger charge is 2.71. The van der Waals surface area contributed by atoms with Crippen molar-refractivity contribution < 1.29 is 119 Å². The molecule has 4 heterocycles. The van der Waals surface area contributed by atoms with Crippen LogP contribution in [0.25, 0.3) is 0 Å². The fourth-order valence-electron chi connectivity index (χ4n) is 16.4. The number of aliphatic hydroxyl groups excluding tert-OH is 14. The molecule has 0 bridgehead atoms. The maximum Gasteiger partial charge on any atom is 0.335 e. The molecule has 24 nitrogen and oxygen atoms in total. The van der Waals surface area contributed by atoms with E-state index in [0.29, 0.717) is 44.9 Å². The second-order valence-corrected chi connectivity index (χ2v) is 25.8. The minimum atomic E-state index is -2.12. The Labute approximate surface area is 447 Å². The van der Waals surface area contributed by atoms with E-state index in [4.69, 9.17) is 37.9 Å². The molecule has 4 aliphatic heterocycles. The van der Waals surface area contributed by atoms with Crippen molar-refractivity contribution in [1.29, 1.82) is 0 Å². The third-order valence-corrected chi connectivity index (χ3v) is 21.7. The molecule has 0 aromatic carbocycles. The SMILES string of the molecule is C[C@@H]1O[C@@H](O[C@H]2[C@H](O[C@H]3[C@H](O[C@H]4CC[C@@]5(C)[C@@H](CC[C@]6(C)[C@@H]5CC=C5[C@@H]7C[C@](C)(CO)[C@@H](O[C@@H]8OC[C@@H](O)[C@H](O)[C@H]8O)[C@@H](O)[C@]7(C)CC[C@]56C)[C@@]4(C)CO)O[C@H](C(=O)O)[C@@H](O)[C@@H]3O)O[C@H](CO)[C@H](O)[C@@H]2O)[C@H](O)[C@H](O)[C@H]1O. The quantitative estimate of drug-likeness (QED) is 0.0689. The van der Waals surface area contributed by atoms with E-state index in [2.05, 4.69) is 26.8 Å². The summed E-state index contributed by atoms with van der Waals surface area (Å²) >= 11 is 0. The van der Waals surface area contributed by atoms with Crippen LogP contribution >= 0.6 is 0 Å². The van der Waals surface area contributed by atoms with Gasteiger partial charge in [-0.3, -0.25) is 0 Å². The molecule has 77 heavy (non-hydrogen) atoms. The van der Waals surface area contributed by atoms with Crippen LogP contribution in [0.4, 0.5) is 0 Å². The first-order valence-electron chi connectivity index (χ1n) is 27.5. The third kappa shape index (κ3) is 9.41. The van der Waals surface area contributed by atoms with Gasteiger partial charge in [0.05, 0.1) is 50.8 Å². The van der Waals surface area contributed by atoms with E-state index in [0.717, 1.165) is 6.42 Å². The van der Waals surface area contributed by atoms with Gasteiger partial charge >= 0.3 is 5.97 Å². The van der Waals surface area contributed by atoms with Crippen LogP contribution in [0.15, 0.2) is 11.6 Å². The molecule has 8 fully saturated rings. The Kier molecular flexibility index (Phi) is 16.7. The summed E-state index contributed by atoms with van der Waals surface area (Å²) in [6, 6.07) is 0. The van der Waals surface area contributed by atoms with Crippen molar-refractivity contribution in [3.63, 3.8) is 0 Å². The minimum Gasteiger partial charge on any atom is -0.479 e. The third-order valence-electron chi connectivity index (χ3n) is 21.7. The number of aliphatic carboxylic acids is 1. The number of carboxylic acid groups (broad SMARTS) is 1. The van der Waals surface area contributed by atoms with Crippen LogP contribution in [0.3, 0.4) is 0 Å². The summed E-state index contributed by atoms with van der Waals surface area (Å²) in [6.45, 7) is 12.2. The molecule has 0 unspecified atom stereocenters. The highest BCUT2D eigenvalue weighted by molar-refractivity contribution is 5.73. The topological polar surface area (TPSA) is 394 Å². The number of carbonyl (C=O) groups is 1. The van der Waals surface area contributed by atoms with Gasteiger partial charge in [-0.15, -0.1) is 0 Å². The van der Waals surface area contributed by atoms with Gasteiger partial charge in [-0.05, 0) is 92.3 Å². The van der Waals surface area contributed by atoms with Gasteiger partial charge in [0.2, 0.25) is 0 Å². The largest absolute Gasteiger partial charge is 0.479 e. The van der Waals surface area contributed by atoms with Gasteiger partial charge in [0.15, 0.2) is 31.3 Å². The molecular weight excluding hydrogens is 1020 g/mol. The predicted octanol–water partition coefficient (Wildman–Crippen LogP) is -2.89. The van der Waals surface area contributed by atoms with E-state index in [-0.39, 0.29) is 48.4 Å². The molecule has 4 saturated heterocycles. The lowest BCUT2D eigenvalue weighted by atomic mass is 9.33. The second-order valence-electron chi connectivity index (χ2n) is 25.8. The van der Waals surface area contributed by atoms with Gasteiger partial charge in [0.1, 0.15) is 79.4 Å². The lowest BCUT2D eigenvalue weighted by Crippen LogP contribution is -2.69. The fourth-order valence-corrected chi connectivity index (χ4v) is 16.4. The molecule has 442 valence electrons. The Morgan fingerprint density at radius 1 is 0.623 bits per heavy atom. The van der Waals surface area contributed by atoms with E-state index < -0.39 is 169 Å². The van der Waals surface area contributed by atoms with Gasteiger partial charge in [-0.2, -0.15) is 0 Å². The summed E-state index contributed by atoms with van der Waals surface area (Å²) < 4.78 is 48.2. The molecule has 9 aliphatic rings. The van der Waals surface area contributed by atoms with Crippen molar-refractivity contribution in [2.24, 2.45) is 50.2 Å². The Hall–Kier alpha value is -1.67. The van der Waals surface area contributed by atoms with Crippen molar-refractivity contribution in [3.8, 4) is 0 Å². The van der Waals surface area contributed by atoms with Crippen molar-refractivity contribution in [2.75, 3.05) is 26.4 Å². The summed E-state index contributed by atoms with van der Waals surface area (Å²) in [7, 11) is 0. The summed E-state index contributed by atoms with van der Waals surface area (Å²) in [6.07, 6.45) is -28.8. The fraction of sp³-hybridized carbons (Fsp3) is 0.943. The standard InChI is InChI=1S/C53H86O24/c1-21-29(58)32(61)37(66)45(71-21)75-39-33(62)31(60)25(17-54)72-46(39)76-40-35(64)34(63)38(43(68)69)74-47(40)73-28-11-12-50(4)26(51(28,5)20-56)10-13-53(7)27(50)9-8-22-23-16-48(2,19-55)42(41(67)49(23,3)14-15-52(22,53)6)77-44-36(65)30(59)24(57)18-70-44/h8,21,23-42,44-47,54-67H,9-20H2,1-7H3,(H,68,69)/t21-,23-,24+,25+,26+,27+,28-,29-,30-,31-,32+,33-,34-,35-,36+,37+,38-,39+,40+,41+,42-,44-,45-,46-,47+,48+,49+,50-,51+,52+,53+/m0/s1. The summed E-state index contributed by atoms with van der Waals surface area (Å²) in [5, 5.41) is 164. The molecule has 31 atom stereocenters. The normalized spacial score (nSPS) is 56.9. The average Bonchev–Trinajstić information content (AvgIpc) is 3.57. The molecular formula is C53H86O24. The summed E-state index contributed by atoms with van der Waals surface area (Å²) in [5.74, 6) is -1.96. The van der Waals surface area contributed by atoms with E-state index in [1.165, 1.54) is 12.5 Å². The first-order chi connectivity index (χ1) is 36.0. The first-order valence-corrected chi connectivity index (χ1v) is 27.5. The number of aliphatic hydroxyl groups is 14. The van der Waals surface area contributed by atoms with Crippen LogP contribution in [-0.2, 0) is 42.7 Å². The molecule has 9 rings (SSSR count). The van der Waals surface area contributed by atoms with Crippen molar-refractivity contribution in [3.05, 3.63) is 11.6 Å². The van der Waals surface area contributed by atoms with Crippen LogP contribution in [-0.4, -0.2) is 244 Å². The van der Waals surface area contributed by atoms with Gasteiger partial charge in [-0.1, -0.05) is 53.2 Å². The van der Waals surface area contributed by atoms with Crippen molar-refractivity contribution in [1.82, 2.24) is 0 Å². The smallest absolute Gasteiger partial charge is 0.335 e. The average molecular weight is 1110 g/mol. The van der Waals surface area contributed by atoms with Crippen LogP contribution in [0, 0.1) is 50.2 Å². The molecule has 5 aliphatic carbocycles. The Morgan fingerprint density at radius 3 is 1.90 bits per heavy atom. The molecule has 0 spiro atoms. The van der Waals surface area contributed by atoms with Gasteiger partial charge in [0.25, 0.3) is 0 Å². The van der Waals surface area contributed by atoms with Gasteiger partial charge < -0.3 is 114 Å². The van der Waals surface area contributed by atoms with Gasteiger partial charge in [0, 0.05) is 16.2 Å². The number of hydrogen-bond donors (Lipinski definition) is 15. The van der Waals surface area contributed by atoms with Crippen LogP contribution in [0.1, 0.15) is 99.8 Å². The number of fused-ring (bicyclic) bond motifs is 7. The molecule has 15 N–H and O–H groups in total. The minimum absolute atomic E-state index is 0.0650. The molecule has 4 saturated carbocycles. The van der Waals surface area contributed by atoms with E-state index >= 15 is 0 Å². The highest BCUT2D eigenvalue weighted by atomic mass is 16.8. The maximum absolute atomic E-state index is 12.6. The number of rotatable bonds is 12. The number of carboxylic acids is 1. The van der Waals surface area contributed by atoms with Gasteiger partial charge in [-0.25, -0.2) is 4.79 Å². The first kappa shape index (κ1) is 59.9. The second kappa shape index (κ2) is 21.5. The molecule has 0 radical (unpaired) electrons. The Balaban J connectivity index is 0.975. The van der Waals surface area contributed by atoms with Crippen LogP contribution in [0.5, 0.6) is 0 Å². The zero-order valence-electron chi connectivity index (χ0n) is 44.9. The lowest BCUT2D eigenvalue weighted by Gasteiger charge is -2.72. The molecule has 0 aromatic rings.